The van der Waals surface area contributed by atoms with Gasteiger partial charge in [0.1, 0.15) is 0 Å². The maximum atomic E-state index is 11.4. The normalized spacial score (nSPS) is 29.7. The van der Waals surface area contributed by atoms with Gasteiger partial charge in [0.2, 0.25) is 5.91 Å². The van der Waals surface area contributed by atoms with Crippen molar-refractivity contribution < 1.29 is 4.79 Å². The molecule has 1 amide bonds. The van der Waals surface area contributed by atoms with E-state index in [-0.39, 0.29) is 11.9 Å². The highest BCUT2D eigenvalue weighted by Crippen LogP contribution is 2.36. The summed E-state index contributed by atoms with van der Waals surface area (Å²) in [5.41, 5.74) is 8.15. The molecule has 2 heterocycles. The fraction of sp³-hybridized carbons (Fsp3) is 0.400. The lowest BCUT2D eigenvalue weighted by atomic mass is 10.0. The first kappa shape index (κ1) is 11.5. The Morgan fingerprint density at radius 3 is 2.78 bits per heavy atom. The van der Waals surface area contributed by atoms with Gasteiger partial charge in [-0.15, -0.1) is 0 Å². The Balaban J connectivity index is 1.82. The van der Waals surface area contributed by atoms with E-state index in [2.05, 4.69) is 35.2 Å². The Hall–Kier alpha value is -1.61. The van der Waals surface area contributed by atoms with Gasteiger partial charge in [0.05, 0.1) is 6.04 Å². The first-order chi connectivity index (χ1) is 8.75. The fourth-order valence-electron chi connectivity index (χ4n) is 3.24. The molecule has 1 aromatic rings. The zero-order valence-electron chi connectivity index (χ0n) is 10.4. The highest BCUT2D eigenvalue weighted by Gasteiger charge is 2.41. The second-order valence-electron chi connectivity index (χ2n) is 5.13. The van der Waals surface area contributed by atoms with Crippen molar-refractivity contribution in [2.75, 3.05) is 6.54 Å². The molecule has 2 fully saturated rings. The van der Waals surface area contributed by atoms with E-state index in [1.165, 1.54) is 11.1 Å². The molecule has 0 spiro atoms. The molecule has 0 aromatic heterocycles. The van der Waals surface area contributed by atoms with Gasteiger partial charge >= 0.3 is 0 Å². The molecule has 1 unspecified atom stereocenters. The summed E-state index contributed by atoms with van der Waals surface area (Å²) in [4.78, 5) is 13.6. The topological polar surface area (TPSA) is 46.3 Å². The Kier molecular flexibility index (Phi) is 2.92. The molecule has 0 bridgehead atoms. The van der Waals surface area contributed by atoms with E-state index in [0.29, 0.717) is 6.04 Å². The predicted octanol–water partition coefficient (Wildman–Crippen LogP) is 1.79. The molecule has 0 aliphatic carbocycles. The van der Waals surface area contributed by atoms with Crippen LogP contribution < -0.4 is 5.73 Å². The van der Waals surface area contributed by atoms with Gasteiger partial charge < -0.3 is 5.73 Å². The van der Waals surface area contributed by atoms with Crippen molar-refractivity contribution in [1.82, 2.24) is 4.90 Å². The zero-order chi connectivity index (χ0) is 12.5. The predicted molar refractivity (Wildman–Crippen MR) is 71.7 cm³/mol. The highest BCUT2D eigenvalue weighted by molar-refractivity contribution is 5.80. The third kappa shape index (κ3) is 1.95. The zero-order valence-corrected chi connectivity index (χ0v) is 10.4. The Bertz CT molecular complexity index is 481. The van der Waals surface area contributed by atoms with E-state index in [1.807, 2.05) is 6.07 Å². The summed E-state index contributed by atoms with van der Waals surface area (Å²) in [5.74, 6) is -0.168. The van der Waals surface area contributed by atoms with E-state index in [4.69, 9.17) is 5.73 Å². The molecule has 3 rings (SSSR count). The third-order valence-electron chi connectivity index (χ3n) is 4.08. The molecule has 2 saturated heterocycles. The number of fused-ring (bicyclic) bond motifs is 1. The Morgan fingerprint density at radius 2 is 2.06 bits per heavy atom. The average molecular weight is 242 g/mol. The molecule has 0 saturated carbocycles. The molecule has 2 aliphatic rings. The van der Waals surface area contributed by atoms with Crippen LogP contribution in [0.25, 0.3) is 6.08 Å². The molecule has 18 heavy (non-hydrogen) atoms. The molecular weight excluding hydrogens is 224 g/mol. The number of primary amides is 1. The van der Waals surface area contributed by atoms with Gasteiger partial charge in [-0.1, -0.05) is 42.0 Å². The van der Waals surface area contributed by atoms with Crippen LogP contribution in [0, 0.1) is 0 Å². The van der Waals surface area contributed by atoms with Gasteiger partial charge in [0.25, 0.3) is 0 Å². The van der Waals surface area contributed by atoms with Crippen LogP contribution in [0.2, 0.25) is 0 Å². The average Bonchev–Trinajstić information content (AvgIpc) is 2.93. The standard InChI is InChI=1S/C15H18N2O/c16-15(18)14-7-6-13-12(8-9-17(13)14)10-11-4-2-1-3-5-11/h1-5,10,13-14H,6-9H2,(H2,16,18)/b12-10-/t13-,14?/m1/s1. The molecule has 3 heteroatoms. The molecule has 94 valence electrons. The molecule has 1 aromatic carbocycles. The van der Waals surface area contributed by atoms with Crippen molar-refractivity contribution in [3.63, 3.8) is 0 Å². The van der Waals surface area contributed by atoms with Crippen molar-refractivity contribution in [2.24, 2.45) is 5.73 Å². The number of amides is 1. The highest BCUT2D eigenvalue weighted by atomic mass is 16.1. The minimum Gasteiger partial charge on any atom is -0.368 e. The van der Waals surface area contributed by atoms with Crippen LogP contribution in [0.1, 0.15) is 24.8 Å². The van der Waals surface area contributed by atoms with Crippen LogP contribution in [-0.4, -0.2) is 29.4 Å². The van der Waals surface area contributed by atoms with Gasteiger partial charge in [-0.25, -0.2) is 0 Å². The van der Waals surface area contributed by atoms with Gasteiger partial charge in [0, 0.05) is 12.6 Å². The summed E-state index contributed by atoms with van der Waals surface area (Å²) in [5, 5.41) is 0. The molecule has 3 nitrogen and oxygen atoms in total. The first-order valence-electron chi connectivity index (χ1n) is 6.56. The van der Waals surface area contributed by atoms with Crippen molar-refractivity contribution in [3.8, 4) is 0 Å². The van der Waals surface area contributed by atoms with Crippen LogP contribution >= 0.6 is 0 Å². The second-order valence-corrected chi connectivity index (χ2v) is 5.13. The molecule has 2 aliphatic heterocycles. The number of hydrogen-bond donors (Lipinski definition) is 1. The molecule has 2 atom stereocenters. The number of benzene rings is 1. The number of carbonyl (C=O) groups is 1. The van der Waals surface area contributed by atoms with Crippen LogP contribution in [0.5, 0.6) is 0 Å². The first-order valence-corrected chi connectivity index (χ1v) is 6.56. The number of nitrogens with zero attached hydrogens (tertiary/aromatic N) is 1. The Morgan fingerprint density at radius 1 is 1.28 bits per heavy atom. The quantitative estimate of drug-likeness (QED) is 0.859. The van der Waals surface area contributed by atoms with E-state index in [9.17, 15) is 4.79 Å². The number of carbonyl (C=O) groups excluding carboxylic acids is 1. The van der Waals surface area contributed by atoms with E-state index in [1.54, 1.807) is 0 Å². The summed E-state index contributed by atoms with van der Waals surface area (Å²) in [7, 11) is 0. The van der Waals surface area contributed by atoms with Crippen LogP contribution in [0.3, 0.4) is 0 Å². The maximum Gasteiger partial charge on any atom is 0.234 e. The third-order valence-corrected chi connectivity index (χ3v) is 4.08. The van der Waals surface area contributed by atoms with Crippen LogP contribution in [0.4, 0.5) is 0 Å². The van der Waals surface area contributed by atoms with Crippen molar-refractivity contribution in [1.29, 1.82) is 0 Å². The van der Waals surface area contributed by atoms with E-state index in [0.717, 1.165) is 25.8 Å². The van der Waals surface area contributed by atoms with E-state index < -0.39 is 0 Å². The molecule has 0 radical (unpaired) electrons. The van der Waals surface area contributed by atoms with Crippen molar-refractivity contribution in [2.45, 2.75) is 31.3 Å². The number of hydrogen-bond acceptors (Lipinski definition) is 2. The van der Waals surface area contributed by atoms with Gasteiger partial charge in [-0.3, -0.25) is 9.69 Å². The molecule has 2 N–H and O–H groups in total. The van der Waals surface area contributed by atoms with Crippen LogP contribution in [-0.2, 0) is 4.79 Å². The van der Waals surface area contributed by atoms with Gasteiger partial charge in [-0.2, -0.15) is 0 Å². The largest absolute Gasteiger partial charge is 0.368 e. The lowest BCUT2D eigenvalue weighted by molar-refractivity contribution is -0.122. The summed E-state index contributed by atoms with van der Waals surface area (Å²) >= 11 is 0. The van der Waals surface area contributed by atoms with Crippen LogP contribution in [0.15, 0.2) is 35.9 Å². The van der Waals surface area contributed by atoms with Crippen molar-refractivity contribution in [3.05, 3.63) is 41.5 Å². The number of rotatable bonds is 2. The van der Waals surface area contributed by atoms with Gasteiger partial charge in [0.15, 0.2) is 0 Å². The SMILES string of the molecule is NC(=O)C1CC[C@@H]2/C(=C\c3ccccc3)CCN12. The second kappa shape index (κ2) is 4.58. The lowest BCUT2D eigenvalue weighted by Crippen LogP contribution is -2.41. The number of nitrogens with two attached hydrogens (primary N) is 1. The molecular formula is C15H18N2O. The van der Waals surface area contributed by atoms with Crippen molar-refractivity contribution >= 4 is 12.0 Å². The summed E-state index contributed by atoms with van der Waals surface area (Å²) in [6.07, 6.45) is 5.30. The summed E-state index contributed by atoms with van der Waals surface area (Å²) < 4.78 is 0. The fourth-order valence-corrected chi connectivity index (χ4v) is 3.24. The smallest absolute Gasteiger partial charge is 0.234 e. The lowest BCUT2D eigenvalue weighted by Gasteiger charge is -2.20. The summed E-state index contributed by atoms with van der Waals surface area (Å²) in [6, 6.07) is 10.8. The monoisotopic (exact) mass is 242 g/mol. The van der Waals surface area contributed by atoms with E-state index >= 15 is 0 Å². The minimum atomic E-state index is -0.168. The minimum absolute atomic E-state index is 0.0447. The Labute approximate surface area is 107 Å². The maximum absolute atomic E-state index is 11.4. The summed E-state index contributed by atoms with van der Waals surface area (Å²) in [6.45, 7) is 0.969. The van der Waals surface area contributed by atoms with Gasteiger partial charge in [-0.05, 0) is 24.8 Å².